The molecule has 5 fully saturated rings. The van der Waals surface area contributed by atoms with E-state index in [2.05, 4.69) is 51.2 Å². The number of hydrogen-bond donors (Lipinski definition) is 1. The van der Waals surface area contributed by atoms with E-state index in [1.54, 1.807) is 0 Å². The lowest BCUT2D eigenvalue weighted by Gasteiger charge is -2.61. The van der Waals surface area contributed by atoms with Gasteiger partial charge < -0.3 is 10.1 Å². The molecule has 33 heavy (non-hydrogen) atoms. The molecule has 0 aromatic heterocycles. The minimum Gasteiger partial charge on any atom is -0.455 e. The molecule has 5 aliphatic rings. The monoisotopic (exact) mass is 451 g/mol. The van der Waals surface area contributed by atoms with E-state index in [1.165, 1.54) is 42.4 Å². The fourth-order valence-electron chi connectivity index (χ4n) is 8.23. The Kier molecular flexibility index (Phi) is 5.86. The predicted octanol–water partition coefficient (Wildman–Crippen LogP) is 5.63. The fraction of sp³-hybridized carbons (Fsp3) is 0.724. The van der Waals surface area contributed by atoms with E-state index in [0.717, 1.165) is 32.1 Å². The average molecular weight is 452 g/mol. The second kappa shape index (κ2) is 8.43. The molecule has 0 saturated heterocycles. The summed E-state index contributed by atoms with van der Waals surface area (Å²) >= 11 is 0. The van der Waals surface area contributed by atoms with E-state index in [9.17, 15) is 9.59 Å². The second-order valence-corrected chi connectivity index (χ2v) is 12.3. The van der Waals surface area contributed by atoms with Crippen LogP contribution >= 0.6 is 0 Å². The van der Waals surface area contributed by atoms with Crippen LogP contribution in [0.15, 0.2) is 18.2 Å². The Hall–Kier alpha value is -1.84. The molecule has 5 saturated carbocycles. The Morgan fingerprint density at radius 2 is 1.76 bits per heavy atom. The van der Waals surface area contributed by atoms with Gasteiger partial charge in [0.15, 0.2) is 6.61 Å². The van der Waals surface area contributed by atoms with Crippen LogP contribution in [0.25, 0.3) is 0 Å². The van der Waals surface area contributed by atoms with Crippen LogP contribution in [0, 0.1) is 42.9 Å². The lowest BCUT2D eigenvalue weighted by atomic mass is 9.43. The van der Waals surface area contributed by atoms with Gasteiger partial charge in [-0.3, -0.25) is 9.59 Å². The van der Waals surface area contributed by atoms with Gasteiger partial charge in [-0.1, -0.05) is 44.9 Å². The summed E-state index contributed by atoms with van der Waals surface area (Å²) in [6.45, 7) is 8.71. The quantitative estimate of drug-likeness (QED) is 0.591. The average Bonchev–Trinajstić information content (AvgIpc) is 2.76. The molecule has 6 rings (SSSR count). The first-order chi connectivity index (χ1) is 15.7. The van der Waals surface area contributed by atoms with Gasteiger partial charge >= 0.3 is 5.97 Å². The zero-order valence-electron chi connectivity index (χ0n) is 20.9. The third-order valence-electron chi connectivity index (χ3n) is 10.0. The SMILES string of the molecule is Cc1ccc(C23C[C@H]4C[C@@H](CC(C(=O)OCC(=O)N[C@@H]5CCC[C@@H](C)[C@H]5C)(C4)C2)C3)cc1C. The Labute approximate surface area is 199 Å². The van der Waals surface area contributed by atoms with Gasteiger partial charge in [0.2, 0.25) is 0 Å². The van der Waals surface area contributed by atoms with Crippen molar-refractivity contribution in [1.29, 1.82) is 0 Å². The van der Waals surface area contributed by atoms with Crippen LogP contribution in [0.5, 0.6) is 0 Å². The molecule has 0 spiro atoms. The molecule has 5 atom stereocenters. The van der Waals surface area contributed by atoms with Crippen LogP contribution < -0.4 is 5.32 Å². The van der Waals surface area contributed by atoms with E-state index in [0.29, 0.717) is 23.7 Å². The summed E-state index contributed by atoms with van der Waals surface area (Å²) in [6, 6.07) is 7.11. The molecule has 1 aromatic rings. The first-order valence-electron chi connectivity index (χ1n) is 13.2. The molecule has 0 radical (unpaired) electrons. The van der Waals surface area contributed by atoms with Gasteiger partial charge in [-0.05, 0) is 105 Å². The molecule has 180 valence electrons. The van der Waals surface area contributed by atoms with Crippen molar-refractivity contribution in [2.45, 2.75) is 96.9 Å². The van der Waals surface area contributed by atoms with Gasteiger partial charge in [-0.25, -0.2) is 0 Å². The fourth-order valence-corrected chi connectivity index (χ4v) is 8.23. The minimum absolute atomic E-state index is 0.0947. The summed E-state index contributed by atoms with van der Waals surface area (Å²) < 4.78 is 5.77. The van der Waals surface area contributed by atoms with Crippen molar-refractivity contribution >= 4 is 11.9 Å². The van der Waals surface area contributed by atoms with Gasteiger partial charge in [-0.2, -0.15) is 0 Å². The van der Waals surface area contributed by atoms with E-state index < -0.39 is 5.41 Å². The van der Waals surface area contributed by atoms with Crippen LogP contribution in [0.1, 0.15) is 88.3 Å². The highest BCUT2D eigenvalue weighted by Gasteiger charge is 2.61. The van der Waals surface area contributed by atoms with Gasteiger partial charge in [0.1, 0.15) is 0 Å². The first kappa shape index (κ1) is 22.9. The van der Waals surface area contributed by atoms with Crippen molar-refractivity contribution in [1.82, 2.24) is 5.32 Å². The van der Waals surface area contributed by atoms with Gasteiger partial charge in [0.05, 0.1) is 5.41 Å². The molecular formula is C29H41NO3. The summed E-state index contributed by atoms with van der Waals surface area (Å²) in [4.78, 5) is 26.2. The van der Waals surface area contributed by atoms with Crippen molar-refractivity contribution < 1.29 is 14.3 Å². The molecule has 0 aliphatic heterocycles. The highest BCUT2D eigenvalue weighted by atomic mass is 16.5. The van der Waals surface area contributed by atoms with E-state index in [1.807, 2.05) is 0 Å². The Morgan fingerprint density at radius 1 is 1.03 bits per heavy atom. The lowest BCUT2D eigenvalue weighted by Crippen LogP contribution is -2.57. The predicted molar refractivity (Wildman–Crippen MR) is 130 cm³/mol. The molecule has 5 aliphatic carbocycles. The van der Waals surface area contributed by atoms with Crippen LogP contribution in [-0.2, 0) is 19.7 Å². The molecular weight excluding hydrogens is 410 g/mol. The third-order valence-corrected chi connectivity index (χ3v) is 10.0. The molecule has 1 N–H and O–H groups in total. The smallest absolute Gasteiger partial charge is 0.312 e. The van der Waals surface area contributed by atoms with Gasteiger partial charge in [0, 0.05) is 6.04 Å². The molecule has 0 heterocycles. The van der Waals surface area contributed by atoms with Crippen molar-refractivity contribution in [3.8, 4) is 0 Å². The first-order valence-corrected chi connectivity index (χ1v) is 13.2. The molecule has 1 amide bonds. The maximum atomic E-state index is 13.5. The van der Waals surface area contributed by atoms with Crippen molar-refractivity contribution in [2.24, 2.45) is 29.1 Å². The second-order valence-electron chi connectivity index (χ2n) is 12.3. The van der Waals surface area contributed by atoms with Crippen molar-refractivity contribution in [3.05, 3.63) is 34.9 Å². The number of carbonyl (C=O) groups is 2. The number of ether oxygens (including phenoxy) is 1. The highest BCUT2D eigenvalue weighted by Crippen LogP contribution is 2.66. The third kappa shape index (κ3) is 4.12. The van der Waals surface area contributed by atoms with Crippen LogP contribution in [0.2, 0.25) is 0 Å². The van der Waals surface area contributed by atoms with E-state index in [-0.39, 0.29) is 29.9 Å². The maximum absolute atomic E-state index is 13.5. The summed E-state index contributed by atoms with van der Waals surface area (Å²) in [7, 11) is 0. The number of esters is 1. The van der Waals surface area contributed by atoms with Crippen LogP contribution in [0.3, 0.4) is 0 Å². The molecule has 0 unspecified atom stereocenters. The Morgan fingerprint density at radius 3 is 2.45 bits per heavy atom. The van der Waals surface area contributed by atoms with Crippen molar-refractivity contribution in [2.75, 3.05) is 6.61 Å². The number of hydrogen-bond acceptors (Lipinski definition) is 3. The largest absolute Gasteiger partial charge is 0.455 e. The lowest BCUT2D eigenvalue weighted by molar-refractivity contribution is -0.175. The Balaban J connectivity index is 1.27. The number of nitrogens with one attached hydrogen (secondary N) is 1. The summed E-state index contributed by atoms with van der Waals surface area (Å²) in [5.74, 6) is 2.03. The van der Waals surface area contributed by atoms with Crippen LogP contribution in [-0.4, -0.2) is 24.5 Å². The number of benzene rings is 1. The molecule has 4 heteroatoms. The Bertz CT molecular complexity index is 923. The molecule has 4 bridgehead atoms. The normalized spacial score (nSPS) is 39.3. The zero-order valence-corrected chi connectivity index (χ0v) is 20.9. The topological polar surface area (TPSA) is 55.4 Å². The summed E-state index contributed by atoms with van der Waals surface area (Å²) in [5, 5.41) is 3.16. The number of rotatable bonds is 5. The van der Waals surface area contributed by atoms with E-state index >= 15 is 0 Å². The number of aryl methyl sites for hydroxylation is 2. The highest BCUT2D eigenvalue weighted by molar-refractivity contribution is 5.83. The minimum atomic E-state index is -0.407. The maximum Gasteiger partial charge on any atom is 0.312 e. The number of carbonyl (C=O) groups excluding carboxylic acids is 2. The summed E-state index contributed by atoms with van der Waals surface area (Å²) in [5.41, 5.74) is 3.76. The molecule has 4 nitrogen and oxygen atoms in total. The zero-order chi connectivity index (χ0) is 23.4. The van der Waals surface area contributed by atoms with Crippen LogP contribution in [0.4, 0.5) is 0 Å². The number of amides is 1. The van der Waals surface area contributed by atoms with Crippen molar-refractivity contribution in [3.63, 3.8) is 0 Å². The molecule has 1 aromatic carbocycles. The van der Waals surface area contributed by atoms with Gasteiger partial charge in [-0.15, -0.1) is 0 Å². The summed E-state index contributed by atoms with van der Waals surface area (Å²) in [6.07, 6.45) is 9.81. The standard InChI is InChI=1S/C29H41NO3/c1-18-8-9-24(10-20(18)3)28-12-22-11-23(13-28)15-29(14-22,17-28)27(32)33-16-26(31)30-25-7-5-6-19(2)21(25)4/h8-10,19,21-23,25H,5-7,11-17H2,1-4H3,(H,30,31)/t19-,21-,22-,23-,25-,28?,29?/m1/s1. The van der Waals surface area contributed by atoms with E-state index in [4.69, 9.17) is 4.74 Å². The van der Waals surface area contributed by atoms with Gasteiger partial charge in [0.25, 0.3) is 5.91 Å².